The first kappa shape index (κ1) is 17.8. The van der Waals surface area contributed by atoms with Gasteiger partial charge in [-0.3, -0.25) is 4.79 Å². The van der Waals surface area contributed by atoms with Gasteiger partial charge in [0, 0.05) is 0 Å². The molecule has 8 heteroatoms. The molecule has 1 atom stereocenters. The summed E-state index contributed by atoms with van der Waals surface area (Å²) in [6, 6.07) is 3.79. The van der Waals surface area contributed by atoms with E-state index in [9.17, 15) is 22.8 Å². The maximum atomic E-state index is 12.0. The van der Waals surface area contributed by atoms with Crippen molar-refractivity contribution in [2.45, 2.75) is 32.7 Å². The first-order valence-electron chi connectivity index (χ1n) is 6.45. The molecule has 122 valence electrons. The fourth-order valence-electron chi connectivity index (χ4n) is 1.73. The van der Waals surface area contributed by atoms with Crippen LogP contribution in [0.2, 0.25) is 0 Å². The molecule has 0 heterocycles. The monoisotopic (exact) mass is 319 g/mol. The molecule has 0 fully saturated rings. The summed E-state index contributed by atoms with van der Waals surface area (Å²) in [7, 11) is 0. The van der Waals surface area contributed by atoms with E-state index in [-0.39, 0.29) is 18.1 Å². The van der Waals surface area contributed by atoms with Crippen LogP contribution in [0.1, 0.15) is 19.4 Å². The third-order valence-corrected chi connectivity index (χ3v) is 2.77. The molecule has 0 bridgehead atoms. The van der Waals surface area contributed by atoms with Crippen molar-refractivity contribution in [3.05, 3.63) is 29.8 Å². The van der Waals surface area contributed by atoms with Crippen molar-refractivity contribution in [3.8, 4) is 5.75 Å². The molecule has 5 nitrogen and oxygen atoms in total. The van der Waals surface area contributed by atoms with E-state index < -0.39 is 24.3 Å². The van der Waals surface area contributed by atoms with Crippen LogP contribution in [0.4, 0.5) is 13.2 Å². The molecular weight excluding hydrogens is 303 g/mol. The molecule has 1 aromatic rings. The van der Waals surface area contributed by atoms with Gasteiger partial charge < -0.3 is 15.2 Å². The number of amides is 1. The maximum Gasteiger partial charge on any atom is 0.573 e. The second-order valence-electron chi connectivity index (χ2n) is 5.00. The fraction of sp³-hybridized carbons (Fsp3) is 0.429. The molecule has 1 aromatic carbocycles. The predicted octanol–water partition coefficient (Wildman–Crippen LogP) is 2.35. The maximum absolute atomic E-state index is 12.0. The van der Waals surface area contributed by atoms with Gasteiger partial charge in [0.1, 0.15) is 11.8 Å². The van der Waals surface area contributed by atoms with Gasteiger partial charge in [0.05, 0.1) is 6.42 Å². The van der Waals surface area contributed by atoms with Crippen molar-refractivity contribution in [2.24, 2.45) is 5.92 Å². The Hall–Kier alpha value is -2.25. The number of carbonyl (C=O) groups excluding carboxylic acids is 1. The zero-order chi connectivity index (χ0) is 16.9. The van der Waals surface area contributed by atoms with Crippen molar-refractivity contribution in [2.75, 3.05) is 0 Å². The lowest BCUT2D eigenvalue weighted by Crippen LogP contribution is -2.44. The summed E-state index contributed by atoms with van der Waals surface area (Å²) in [5.41, 5.74) is 0.444. The Balaban J connectivity index is 2.63. The van der Waals surface area contributed by atoms with E-state index in [0.717, 1.165) is 12.1 Å². The van der Waals surface area contributed by atoms with Gasteiger partial charge in [0.15, 0.2) is 0 Å². The van der Waals surface area contributed by atoms with E-state index in [4.69, 9.17) is 5.11 Å². The summed E-state index contributed by atoms with van der Waals surface area (Å²) >= 11 is 0. The molecule has 2 N–H and O–H groups in total. The minimum atomic E-state index is -4.77. The number of alkyl halides is 3. The number of hydrogen-bond acceptors (Lipinski definition) is 3. The molecule has 1 amide bonds. The fourth-order valence-corrected chi connectivity index (χ4v) is 1.73. The van der Waals surface area contributed by atoms with Crippen LogP contribution in [0.15, 0.2) is 24.3 Å². The molecular formula is C14H16F3NO4. The number of rotatable bonds is 6. The van der Waals surface area contributed by atoms with Crippen LogP contribution in [-0.4, -0.2) is 29.4 Å². The number of benzene rings is 1. The highest BCUT2D eigenvalue weighted by molar-refractivity contribution is 5.85. The molecule has 0 radical (unpaired) electrons. The largest absolute Gasteiger partial charge is 0.573 e. The smallest absolute Gasteiger partial charge is 0.480 e. The normalized spacial score (nSPS) is 12.8. The number of carboxylic acid groups (broad SMARTS) is 1. The minimum Gasteiger partial charge on any atom is -0.480 e. The number of carboxylic acids is 1. The van der Waals surface area contributed by atoms with Gasteiger partial charge in [0.25, 0.3) is 0 Å². The lowest BCUT2D eigenvalue weighted by atomic mass is 10.0. The highest BCUT2D eigenvalue weighted by atomic mass is 19.4. The number of aliphatic carboxylic acids is 1. The van der Waals surface area contributed by atoms with E-state index in [2.05, 4.69) is 10.1 Å². The molecule has 0 aliphatic rings. The Labute approximate surface area is 125 Å². The van der Waals surface area contributed by atoms with Crippen LogP contribution in [0.25, 0.3) is 0 Å². The van der Waals surface area contributed by atoms with Gasteiger partial charge in [-0.25, -0.2) is 4.79 Å². The first-order valence-corrected chi connectivity index (χ1v) is 6.45. The van der Waals surface area contributed by atoms with Gasteiger partial charge in [-0.05, 0) is 23.6 Å². The molecule has 22 heavy (non-hydrogen) atoms. The molecule has 0 spiro atoms. The van der Waals surface area contributed by atoms with Crippen molar-refractivity contribution >= 4 is 11.9 Å². The Morgan fingerprint density at radius 2 is 1.77 bits per heavy atom. The number of ether oxygens (including phenoxy) is 1. The van der Waals surface area contributed by atoms with E-state index in [1.165, 1.54) is 12.1 Å². The SMILES string of the molecule is CC(C)C(NC(=O)Cc1ccc(OC(F)(F)F)cc1)C(=O)O. The van der Waals surface area contributed by atoms with Crippen molar-refractivity contribution in [1.29, 1.82) is 0 Å². The van der Waals surface area contributed by atoms with Gasteiger partial charge in [0.2, 0.25) is 5.91 Å². The molecule has 0 aliphatic carbocycles. The van der Waals surface area contributed by atoms with Crippen LogP contribution < -0.4 is 10.1 Å². The Kier molecular flexibility index (Phi) is 5.78. The summed E-state index contributed by atoms with van der Waals surface area (Å²) in [5.74, 6) is -2.34. The van der Waals surface area contributed by atoms with Crippen molar-refractivity contribution in [3.63, 3.8) is 0 Å². The molecule has 0 saturated carbocycles. The summed E-state index contributed by atoms with van der Waals surface area (Å²) in [4.78, 5) is 22.7. The van der Waals surface area contributed by atoms with E-state index in [0.29, 0.717) is 5.56 Å². The molecule has 0 aromatic heterocycles. The van der Waals surface area contributed by atoms with Crippen molar-refractivity contribution < 1.29 is 32.6 Å². The highest BCUT2D eigenvalue weighted by Gasteiger charge is 2.31. The molecule has 0 aliphatic heterocycles. The zero-order valence-corrected chi connectivity index (χ0v) is 12.0. The average Bonchev–Trinajstić information content (AvgIpc) is 2.36. The third-order valence-electron chi connectivity index (χ3n) is 2.77. The summed E-state index contributed by atoms with van der Waals surface area (Å²) < 4.78 is 39.7. The number of carbonyl (C=O) groups is 2. The van der Waals surface area contributed by atoms with Gasteiger partial charge in [-0.15, -0.1) is 13.2 Å². The Bertz CT molecular complexity index is 526. The zero-order valence-electron chi connectivity index (χ0n) is 12.0. The molecule has 1 rings (SSSR count). The first-order chi connectivity index (χ1) is 10.1. The van der Waals surface area contributed by atoms with Crippen molar-refractivity contribution in [1.82, 2.24) is 5.32 Å². The number of nitrogens with one attached hydrogen (secondary N) is 1. The summed E-state index contributed by atoms with van der Waals surface area (Å²) in [6.45, 7) is 3.31. The summed E-state index contributed by atoms with van der Waals surface area (Å²) in [6.07, 6.45) is -4.91. The van der Waals surface area contributed by atoms with E-state index in [1.807, 2.05) is 0 Å². The van der Waals surface area contributed by atoms with Crippen LogP contribution >= 0.6 is 0 Å². The average molecular weight is 319 g/mol. The Morgan fingerprint density at radius 1 is 1.23 bits per heavy atom. The number of hydrogen-bond donors (Lipinski definition) is 2. The standard InChI is InChI=1S/C14H16F3NO4/c1-8(2)12(13(20)21)18-11(19)7-9-3-5-10(6-4-9)22-14(15,16)17/h3-6,8,12H,7H2,1-2H3,(H,18,19)(H,20,21). The topological polar surface area (TPSA) is 75.6 Å². The second-order valence-corrected chi connectivity index (χ2v) is 5.00. The lowest BCUT2D eigenvalue weighted by molar-refractivity contribution is -0.274. The molecule has 1 unspecified atom stereocenters. The van der Waals surface area contributed by atoms with Crippen LogP contribution in [-0.2, 0) is 16.0 Å². The van der Waals surface area contributed by atoms with E-state index in [1.54, 1.807) is 13.8 Å². The van der Waals surface area contributed by atoms with Gasteiger partial charge in [-0.1, -0.05) is 26.0 Å². The predicted molar refractivity (Wildman–Crippen MR) is 71.2 cm³/mol. The molecule has 0 saturated heterocycles. The quantitative estimate of drug-likeness (QED) is 0.844. The number of halogens is 3. The second kappa shape index (κ2) is 7.15. The highest BCUT2D eigenvalue weighted by Crippen LogP contribution is 2.22. The van der Waals surface area contributed by atoms with Crippen LogP contribution in [0, 0.1) is 5.92 Å². The summed E-state index contributed by atoms with van der Waals surface area (Å²) in [5, 5.41) is 11.3. The Morgan fingerprint density at radius 3 is 2.18 bits per heavy atom. The third kappa shape index (κ3) is 6.02. The minimum absolute atomic E-state index is 0.136. The van der Waals surface area contributed by atoms with Gasteiger partial charge in [-0.2, -0.15) is 0 Å². The van der Waals surface area contributed by atoms with Gasteiger partial charge >= 0.3 is 12.3 Å². The lowest BCUT2D eigenvalue weighted by Gasteiger charge is -2.17. The van der Waals surface area contributed by atoms with E-state index >= 15 is 0 Å². The van der Waals surface area contributed by atoms with Crippen LogP contribution in [0.3, 0.4) is 0 Å². The van der Waals surface area contributed by atoms with Crippen LogP contribution in [0.5, 0.6) is 5.75 Å².